The van der Waals surface area contributed by atoms with Crippen LogP contribution < -0.4 is 10.1 Å². The van der Waals surface area contributed by atoms with E-state index in [-0.39, 0.29) is 12.1 Å². The van der Waals surface area contributed by atoms with Gasteiger partial charge < -0.3 is 15.2 Å². The van der Waals surface area contributed by atoms with Crippen LogP contribution in [-0.4, -0.2) is 17.6 Å². The molecule has 1 atom stereocenters. The molecule has 156 valence electrons. The van der Waals surface area contributed by atoms with Crippen molar-refractivity contribution in [2.24, 2.45) is 0 Å². The number of carbonyl (C=O) groups is 1. The fourth-order valence-electron chi connectivity index (χ4n) is 2.77. The van der Waals surface area contributed by atoms with Gasteiger partial charge in [-0.2, -0.15) is 13.2 Å². The molecule has 0 aliphatic carbocycles. The normalized spacial score (nSPS) is 12.3. The van der Waals surface area contributed by atoms with Crippen molar-refractivity contribution in [2.45, 2.75) is 18.9 Å². The molecule has 3 aromatic rings. The van der Waals surface area contributed by atoms with Crippen molar-refractivity contribution in [1.82, 2.24) is 5.32 Å². The zero-order valence-corrected chi connectivity index (χ0v) is 15.9. The van der Waals surface area contributed by atoms with E-state index in [0.29, 0.717) is 12.2 Å². The largest absolute Gasteiger partial charge is 0.489 e. The van der Waals surface area contributed by atoms with Crippen LogP contribution in [0.2, 0.25) is 0 Å². The number of rotatable bonds is 7. The van der Waals surface area contributed by atoms with Crippen molar-refractivity contribution >= 4 is 5.91 Å². The summed E-state index contributed by atoms with van der Waals surface area (Å²) in [5, 5.41) is 12.7. The lowest BCUT2D eigenvalue weighted by Gasteiger charge is -2.14. The Morgan fingerprint density at radius 1 is 0.967 bits per heavy atom. The summed E-state index contributed by atoms with van der Waals surface area (Å²) in [5.41, 5.74) is 0.478. The van der Waals surface area contributed by atoms with Gasteiger partial charge in [0.1, 0.15) is 12.4 Å². The second-order valence-corrected chi connectivity index (χ2v) is 6.65. The molecule has 7 heteroatoms. The number of aliphatic hydroxyl groups is 1. The predicted octanol–water partition coefficient (Wildman–Crippen LogP) is 4.75. The van der Waals surface area contributed by atoms with E-state index in [9.17, 15) is 23.1 Å². The Hall–Kier alpha value is -3.32. The van der Waals surface area contributed by atoms with E-state index in [1.807, 2.05) is 30.3 Å². The highest BCUT2D eigenvalue weighted by Gasteiger charge is 2.30. The topological polar surface area (TPSA) is 58.6 Å². The van der Waals surface area contributed by atoms with Crippen LogP contribution in [0.25, 0.3) is 0 Å². The van der Waals surface area contributed by atoms with Crippen molar-refractivity contribution in [3.63, 3.8) is 0 Å². The number of hydrogen-bond acceptors (Lipinski definition) is 3. The summed E-state index contributed by atoms with van der Waals surface area (Å²) in [6.07, 6.45) is -5.75. The van der Waals surface area contributed by atoms with Gasteiger partial charge in [-0.05, 0) is 47.5 Å². The summed E-state index contributed by atoms with van der Waals surface area (Å²) in [6.45, 7) is 0.138. The van der Waals surface area contributed by atoms with Crippen molar-refractivity contribution < 1.29 is 27.8 Å². The fourth-order valence-corrected chi connectivity index (χ4v) is 2.77. The third-order valence-corrected chi connectivity index (χ3v) is 4.42. The van der Waals surface area contributed by atoms with Crippen molar-refractivity contribution in [1.29, 1.82) is 0 Å². The van der Waals surface area contributed by atoms with E-state index in [2.05, 4.69) is 5.32 Å². The maximum absolute atomic E-state index is 12.8. The maximum atomic E-state index is 12.8. The summed E-state index contributed by atoms with van der Waals surface area (Å²) >= 11 is 0. The summed E-state index contributed by atoms with van der Waals surface area (Å²) in [5.74, 6) is 0.305. The molecule has 0 fully saturated rings. The molecular formula is C23H20F3NO3. The van der Waals surface area contributed by atoms with Crippen LogP contribution in [0.3, 0.4) is 0 Å². The Kier molecular flexibility index (Phi) is 6.74. The number of ether oxygens (including phenoxy) is 1. The van der Waals surface area contributed by atoms with Gasteiger partial charge in [0.15, 0.2) is 0 Å². The van der Waals surface area contributed by atoms with Crippen molar-refractivity contribution in [3.05, 3.63) is 101 Å². The van der Waals surface area contributed by atoms with Crippen LogP contribution in [-0.2, 0) is 12.8 Å². The lowest BCUT2D eigenvalue weighted by atomic mass is 10.1. The molecule has 0 saturated heterocycles. The van der Waals surface area contributed by atoms with Crippen LogP contribution in [0.1, 0.15) is 33.2 Å². The van der Waals surface area contributed by atoms with Gasteiger partial charge in [0.05, 0.1) is 11.7 Å². The van der Waals surface area contributed by atoms with E-state index in [1.54, 1.807) is 24.3 Å². The van der Waals surface area contributed by atoms with E-state index in [0.717, 1.165) is 23.4 Å². The number of hydrogen-bond donors (Lipinski definition) is 2. The third kappa shape index (κ3) is 5.84. The number of amides is 1. The average Bonchev–Trinajstić information content (AvgIpc) is 2.76. The predicted molar refractivity (Wildman–Crippen MR) is 106 cm³/mol. The Bertz CT molecular complexity index is 973. The lowest BCUT2D eigenvalue weighted by Crippen LogP contribution is -2.28. The van der Waals surface area contributed by atoms with Crippen molar-refractivity contribution in [2.75, 3.05) is 6.54 Å². The molecule has 0 aromatic heterocycles. The molecule has 4 nitrogen and oxygen atoms in total. The van der Waals surface area contributed by atoms with Crippen LogP contribution in [0.4, 0.5) is 13.2 Å². The highest BCUT2D eigenvalue weighted by Crippen LogP contribution is 2.30. The quantitative estimate of drug-likeness (QED) is 0.586. The van der Waals surface area contributed by atoms with Gasteiger partial charge in [0, 0.05) is 12.1 Å². The van der Waals surface area contributed by atoms with Crippen LogP contribution in [0.15, 0.2) is 78.9 Å². The first-order valence-electron chi connectivity index (χ1n) is 9.23. The summed E-state index contributed by atoms with van der Waals surface area (Å²) in [6, 6.07) is 20.5. The zero-order chi connectivity index (χ0) is 21.6. The number of para-hydroxylation sites is 1. The molecule has 2 N–H and O–H groups in total. The summed E-state index contributed by atoms with van der Waals surface area (Å²) in [7, 11) is 0. The maximum Gasteiger partial charge on any atom is 0.416 e. The van der Waals surface area contributed by atoms with E-state index < -0.39 is 23.8 Å². The van der Waals surface area contributed by atoms with Crippen molar-refractivity contribution in [3.8, 4) is 5.75 Å². The molecule has 0 aliphatic heterocycles. The second-order valence-electron chi connectivity index (χ2n) is 6.65. The first kappa shape index (κ1) is 21.4. The van der Waals surface area contributed by atoms with E-state index in [1.165, 1.54) is 12.1 Å². The van der Waals surface area contributed by atoms with Gasteiger partial charge in [-0.25, -0.2) is 0 Å². The molecule has 3 rings (SSSR count). The smallest absolute Gasteiger partial charge is 0.416 e. The molecule has 0 spiro atoms. The molecule has 0 aliphatic rings. The molecule has 0 radical (unpaired) electrons. The zero-order valence-electron chi connectivity index (χ0n) is 15.9. The van der Waals surface area contributed by atoms with Gasteiger partial charge >= 0.3 is 6.18 Å². The van der Waals surface area contributed by atoms with Gasteiger partial charge in [0.25, 0.3) is 5.91 Å². The Balaban J connectivity index is 1.53. The molecule has 0 heterocycles. The van der Waals surface area contributed by atoms with Crippen LogP contribution in [0, 0.1) is 0 Å². The standard InChI is InChI=1S/C23H20F3NO3/c24-23(25,26)19-6-4-5-18(13-19)21(28)14-27-22(29)17-11-9-16(10-12-17)15-30-20-7-2-1-3-8-20/h1-13,21,28H,14-15H2,(H,27,29)/t21-/m0/s1. The number of carbonyl (C=O) groups excluding carboxylic acids is 1. The average molecular weight is 415 g/mol. The lowest BCUT2D eigenvalue weighted by molar-refractivity contribution is -0.137. The molecular weight excluding hydrogens is 395 g/mol. The number of alkyl halides is 3. The minimum Gasteiger partial charge on any atom is -0.489 e. The summed E-state index contributed by atoms with van der Waals surface area (Å²) < 4.78 is 44.0. The molecule has 0 saturated carbocycles. The Labute approximate surface area is 171 Å². The Morgan fingerprint density at radius 3 is 2.33 bits per heavy atom. The molecule has 1 amide bonds. The van der Waals surface area contributed by atoms with Gasteiger partial charge in [-0.3, -0.25) is 4.79 Å². The van der Waals surface area contributed by atoms with E-state index >= 15 is 0 Å². The first-order valence-corrected chi connectivity index (χ1v) is 9.23. The summed E-state index contributed by atoms with van der Waals surface area (Å²) in [4.78, 5) is 12.3. The highest BCUT2D eigenvalue weighted by molar-refractivity contribution is 5.94. The number of aliphatic hydroxyl groups excluding tert-OH is 1. The highest BCUT2D eigenvalue weighted by atomic mass is 19.4. The number of benzene rings is 3. The third-order valence-electron chi connectivity index (χ3n) is 4.42. The molecule has 0 unspecified atom stereocenters. The minimum absolute atomic E-state index is 0.0820. The number of nitrogens with one attached hydrogen (secondary N) is 1. The molecule has 30 heavy (non-hydrogen) atoms. The van der Waals surface area contributed by atoms with Gasteiger partial charge in [0.2, 0.25) is 0 Å². The first-order chi connectivity index (χ1) is 14.3. The number of halogens is 3. The van der Waals surface area contributed by atoms with Gasteiger partial charge in [-0.15, -0.1) is 0 Å². The Morgan fingerprint density at radius 2 is 1.67 bits per heavy atom. The van der Waals surface area contributed by atoms with Crippen LogP contribution >= 0.6 is 0 Å². The molecule has 3 aromatic carbocycles. The second kappa shape index (κ2) is 9.45. The van der Waals surface area contributed by atoms with Gasteiger partial charge in [-0.1, -0.05) is 42.5 Å². The van der Waals surface area contributed by atoms with E-state index in [4.69, 9.17) is 4.74 Å². The monoisotopic (exact) mass is 415 g/mol. The SMILES string of the molecule is O=C(NC[C@H](O)c1cccc(C(F)(F)F)c1)c1ccc(COc2ccccc2)cc1. The fraction of sp³-hybridized carbons (Fsp3) is 0.174. The van der Waals surface area contributed by atoms with Crippen LogP contribution in [0.5, 0.6) is 5.75 Å². The molecule has 0 bridgehead atoms. The minimum atomic E-state index is -4.50.